The molecule has 0 bridgehead atoms. The summed E-state index contributed by atoms with van der Waals surface area (Å²) in [6.45, 7) is 0. The summed E-state index contributed by atoms with van der Waals surface area (Å²) in [4.78, 5) is 0. The van der Waals surface area contributed by atoms with Gasteiger partial charge in [-0.15, -0.1) is 0 Å². The number of ether oxygens (including phenoxy) is 2. The fraction of sp³-hybridized carbons (Fsp3) is 0.231. The van der Waals surface area contributed by atoms with Crippen LogP contribution < -0.4 is 0 Å². The standard InChI is InChI=1S/C13H12O2/c1-2-6-10(7-3-1)13-14-11-8-4-5-9-12(11)15-13/h1-9,11-13H/t11-,12+,13?. The predicted molar refractivity (Wildman–Crippen MR) is 57.2 cm³/mol. The van der Waals surface area contributed by atoms with Crippen molar-refractivity contribution in [2.24, 2.45) is 0 Å². The van der Waals surface area contributed by atoms with Crippen molar-refractivity contribution < 1.29 is 9.47 Å². The first-order valence-corrected chi connectivity index (χ1v) is 5.14. The summed E-state index contributed by atoms with van der Waals surface area (Å²) in [6, 6.07) is 10.0. The first-order valence-electron chi connectivity index (χ1n) is 5.14. The zero-order valence-electron chi connectivity index (χ0n) is 8.24. The van der Waals surface area contributed by atoms with Gasteiger partial charge in [-0.2, -0.15) is 0 Å². The van der Waals surface area contributed by atoms with Gasteiger partial charge >= 0.3 is 0 Å². The molecule has 1 heterocycles. The van der Waals surface area contributed by atoms with E-state index in [0.29, 0.717) is 0 Å². The van der Waals surface area contributed by atoms with E-state index in [4.69, 9.17) is 9.47 Å². The Bertz CT molecular complexity index is 374. The van der Waals surface area contributed by atoms with E-state index < -0.39 is 0 Å². The molecule has 0 N–H and O–H groups in total. The van der Waals surface area contributed by atoms with E-state index >= 15 is 0 Å². The highest BCUT2D eigenvalue weighted by Crippen LogP contribution is 2.33. The summed E-state index contributed by atoms with van der Waals surface area (Å²) in [7, 11) is 0. The predicted octanol–water partition coefficient (Wildman–Crippen LogP) is 2.60. The van der Waals surface area contributed by atoms with Crippen LogP contribution in [0, 0.1) is 0 Å². The lowest BCUT2D eigenvalue weighted by molar-refractivity contribution is -0.0596. The first kappa shape index (κ1) is 8.89. The highest BCUT2D eigenvalue weighted by molar-refractivity contribution is 5.22. The van der Waals surface area contributed by atoms with Crippen LogP contribution in [0.1, 0.15) is 11.9 Å². The lowest BCUT2D eigenvalue weighted by Gasteiger charge is -2.10. The van der Waals surface area contributed by atoms with Crippen LogP contribution >= 0.6 is 0 Å². The molecule has 2 aliphatic rings. The minimum Gasteiger partial charge on any atom is -0.338 e. The second-order valence-electron chi connectivity index (χ2n) is 3.71. The minimum absolute atomic E-state index is 0.0696. The van der Waals surface area contributed by atoms with Gasteiger partial charge in [0.1, 0.15) is 12.2 Å². The molecule has 1 aliphatic heterocycles. The normalized spacial score (nSPS) is 32.9. The number of fused-ring (bicyclic) bond motifs is 1. The smallest absolute Gasteiger partial charge is 0.185 e. The molecule has 1 aliphatic carbocycles. The maximum Gasteiger partial charge on any atom is 0.185 e. The molecule has 0 amide bonds. The van der Waals surface area contributed by atoms with E-state index in [1.54, 1.807) is 0 Å². The van der Waals surface area contributed by atoms with E-state index in [2.05, 4.69) is 0 Å². The molecule has 76 valence electrons. The molecule has 1 fully saturated rings. The van der Waals surface area contributed by atoms with Crippen LogP contribution in [0.15, 0.2) is 54.6 Å². The van der Waals surface area contributed by atoms with Crippen LogP contribution in [-0.4, -0.2) is 12.2 Å². The van der Waals surface area contributed by atoms with Crippen molar-refractivity contribution in [1.82, 2.24) is 0 Å². The first-order chi connectivity index (χ1) is 7.43. The van der Waals surface area contributed by atoms with E-state index in [-0.39, 0.29) is 18.5 Å². The molecular weight excluding hydrogens is 188 g/mol. The van der Waals surface area contributed by atoms with Crippen LogP contribution in [0.3, 0.4) is 0 Å². The molecule has 0 saturated carbocycles. The van der Waals surface area contributed by atoms with E-state index in [1.807, 2.05) is 54.6 Å². The Labute approximate surface area is 88.8 Å². The summed E-state index contributed by atoms with van der Waals surface area (Å²) in [6.07, 6.45) is 7.98. The SMILES string of the molecule is C1=C[C@@H]2OC(c3ccccc3)O[C@@H]2C=C1. The molecule has 3 rings (SSSR count). The Hall–Kier alpha value is -1.38. The quantitative estimate of drug-likeness (QED) is 0.693. The fourth-order valence-electron chi connectivity index (χ4n) is 1.90. The summed E-state index contributed by atoms with van der Waals surface area (Å²) in [5.41, 5.74) is 1.08. The molecule has 0 spiro atoms. The Balaban J connectivity index is 1.82. The topological polar surface area (TPSA) is 18.5 Å². The van der Waals surface area contributed by atoms with Gasteiger partial charge in [-0.1, -0.05) is 54.6 Å². The number of allylic oxidation sites excluding steroid dienone is 2. The molecule has 1 aromatic carbocycles. The van der Waals surface area contributed by atoms with Crippen LogP contribution in [-0.2, 0) is 9.47 Å². The second kappa shape index (κ2) is 3.65. The Morgan fingerprint density at radius 3 is 2.00 bits per heavy atom. The molecule has 1 aromatic rings. The molecule has 2 nitrogen and oxygen atoms in total. The third kappa shape index (κ3) is 1.62. The van der Waals surface area contributed by atoms with E-state index in [9.17, 15) is 0 Å². The molecule has 15 heavy (non-hydrogen) atoms. The molecule has 3 atom stereocenters. The average Bonchev–Trinajstić information content (AvgIpc) is 2.74. The van der Waals surface area contributed by atoms with Gasteiger partial charge in [0.2, 0.25) is 0 Å². The summed E-state index contributed by atoms with van der Waals surface area (Å²) in [5.74, 6) is 0. The number of rotatable bonds is 1. The van der Waals surface area contributed by atoms with Gasteiger partial charge in [0.05, 0.1) is 0 Å². The van der Waals surface area contributed by atoms with Crippen molar-refractivity contribution in [1.29, 1.82) is 0 Å². The molecule has 1 saturated heterocycles. The fourth-order valence-corrected chi connectivity index (χ4v) is 1.90. The van der Waals surface area contributed by atoms with Gasteiger partial charge in [-0.05, 0) is 0 Å². The van der Waals surface area contributed by atoms with Crippen molar-refractivity contribution in [3.8, 4) is 0 Å². The average molecular weight is 200 g/mol. The lowest BCUT2D eigenvalue weighted by Crippen LogP contribution is -2.18. The van der Waals surface area contributed by atoms with Crippen LogP contribution in [0.5, 0.6) is 0 Å². The van der Waals surface area contributed by atoms with Gasteiger partial charge in [0.15, 0.2) is 6.29 Å². The maximum atomic E-state index is 5.79. The van der Waals surface area contributed by atoms with Crippen molar-refractivity contribution in [3.05, 3.63) is 60.2 Å². The van der Waals surface area contributed by atoms with Crippen molar-refractivity contribution >= 4 is 0 Å². The van der Waals surface area contributed by atoms with Crippen LogP contribution in [0.2, 0.25) is 0 Å². The van der Waals surface area contributed by atoms with Gasteiger partial charge < -0.3 is 9.47 Å². The van der Waals surface area contributed by atoms with Gasteiger partial charge in [-0.3, -0.25) is 0 Å². The van der Waals surface area contributed by atoms with E-state index in [1.165, 1.54) is 0 Å². The summed E-state index contributed by atoms with van der Waals surface area (Å²) < 4.78 is 11.6. The van der Waals surface area contributed by atoms with Crippen molar-refractivity contribution in [2.45, 2.75) is 18.5 Å². The molecular formula is C13H12O2. The third-order valence-electron chi connectivity index (χ3n) is 2.67. The largest absolute Gasteiger partial charge is 0.338 e. The lowest BCUT2D eigenvalue weighted by atomic mass is 10.1. The van der Waals surface area contributed by atoms with Gasteiger partial charge in [0, 0.05) is 5.56 Å². The Kier molecular flexibility index (Phi) is 2.16. The third-order valence-corrected chi connectivity index (χ3v) is 2.67. The zero-order chi connectivity index (χ0) is 10.1. The molecule has 1 unspecified atom stereocenters. The Morgan fingerprint density at radius 2 is 1.40 bits per heavy atom. The number of hydrogen-bond donors (Lipinski definition) is 0. The summed E-state index contributed by atoms with van der Waals surface area (Å²) >= 11 is 0. The minimum atomic E-state index is -0.228. The highest BCUT2D eigenvalue weighted by atomic mass is 16.7. The molecule has 2 heteroatoms. The van der Waals surface area contributed by atoms with Gasteiger partial charge in [-0.25, -0.2) is 0 Å². The van der Waals surface area contributed by atoms with Crippen molar-refractivity contribution in [3.63, 3.8) is 0 Å². The van der Waals surface area contributed by atoms with E-state index in [0.717, 1.165) is 5.56 Å². The number of hydrogen-bond acceptors (Lipinski definition) is 2. The monoisotopic (exact) mass is 200 g/mol. The Morgan fingerprint density at radius 1 is 0.800 bits per heavy atom. The molecule has 0 aromatic heterocycles. The second-order valence-corrected chi connectivity index (χ2v) is 3.71. The van der Waals surface area contributed by atoms with Gasteiger partial charge in [0.25, 0.3) is 0 Å². The van der Waals surface area contributed by atoms with Crippen molar-refractivity contribution in [2.75, 3.05) is 0 Å². The number of benzene rings is 1. The molecule has 0 radical (unpaired) electrons. The zero-order valence-corrected chi connectivity index (χ0v) is 8.24. The summed E-state index contributed by atoms with van der Waals surface area (Å²) in [5, 5.41) is 0. The maximum absolute atomic E-state index is 5.79. The van der Waals surface area contributed by atoms with Crippen LogP contribution in [0.4, 0.5) is 0 Å². The van der Waals surface area contributed by atoms with Crippen LogP contribution in [0.25, 0.3) is 0 Å². The highest BCUT2D eigenvalue weighted by Gasteiger charge is 2.34.